The lowest BCUT2D eigenvalue weighted by molar-refractivity contribution is -0.342. The minimum atomic E-state index is -1.83. The minimum absolute atomic E-state index is 0.0359. The molecule has 306 valence electrons. The molecule has 3 N–H and O–H groups in total. The molecule has 12 nitrogen and oxygen atoms in total. The molecule has 0 unspecified atom stereocenters. The van der Waals surface area contributed by atoms with Crippen LogP contribution in [0.4, 0.5) is 0 Å². The predicted molar refractivity (Wildman–Crippen MR) is 203 cm³/mol. The number of methoxy groups -OCH3 is 1. The van der Waals surface area contributed by atoms with Crippen molar-refractivity contribution in [2.45, 2.75) is 172 Å². The lowest BCUT2D eigenvalue weighted by Gasteiger charge is -2.51. The Hall–Kier alpha value is -2.42. The zero-order valence-electron chi connectivity index (χ0n) is 33.4. The summed E-state index contributed by atoms with van der Waals surface area (Å²) in [5.41, 5.74) is 0.362. The Morgan fingerprint density at radius 1 is 1.02 bits per heavy atom. The van der Waals surface area contributed by atoms with E-state index in [1.54, 1.807) is 26.2 Å². The van der Waals surface area contributed by atoms with Gasteiger partial charge in [0.1, 0.15) is 35.5 Å². The summed E-state index contributed by atoms with van der Waals surface area (Å²) in [6.45, 7) is 10.0. The van der Waals surface area contributed by atoms with Crippen molar-refractivity contribution in [2.75, 3.05) is 13.7 Å². The number of carbonyl (C=O) groups is 1. The van der Waals surface area contributed by atoms with Crippen molar-refractivity contribution in [1.29, 1.82) is 0 Å². The second kappa shape index (κ2) is 16.8. The molecular formula is C43H63NO11. The van der Waals surface area contributed by atoms with Gasteiger partial charge in [-0.2, -0.15) is 0 Å². The van der Waals surface area contributed by atoms with Crippen LogP contribution in [0.15, 0.2) is 52.3 Å². The summed E-state index contributed by atoms with van der Waals surface area (Å²) in [4.78, 5) is 14.4. The Morgan fingerprint density at radius 3 is 2.55 bits per heavy atom. The lowest BCUT2D eigenvalue weighted by Crippen LogP contribution is -2.57. The van der Waals surface area contributed by atoms with Crippen LogP contribution in [0.2, 0.25) is 0 Å². The fourth-order valence-electron chi connectivity index (χ4n) is 10.4. The zero-order chi connectivity index (χ0) is 39.1. The van der Waals surface area contributed by atoms with Gasteiger partial charge in [0.2, 0.25) is 0 Å². The summed E-state index contributed by atoms with van der Waals surface area (Å²) >= 11 is 0. The molecule has 5 aliphatic heterocycles. The van der Waals surface area contributed by atoms with E-state index in [1.807, 2.05) is 19.1 Å². The third kappa shape index (κ3) is 8.17. The van der Waals surface area contributed by atoms with Gasteiger partial charge in [-0.3, -0.25) is 4.79 Å². The molecule has 0 amide bonds. The van der Waals surface area contributed by atoms with Crippen molar-refractivity contribution in [2.24, 2.45) is 28.8 Å². The molecule has 2 bridgehead atoms. The Kier molecular flexibility index (Phi) is 12.5. The van der Waals surface area contributed by atoms with Gasteiger partial charge in [0.15, 0.2) is 12.1 Å². The van der Waals surface area contributed by atoms with Gasteiger partial charge in [-0.1, -0.05) is 68.6 Å². The summed E-state index contributed by atoms with van der Waals surface area (Å²) in [7, 11) is 1.59. The molecule has 5 fully saturated rings. The molecule has 12 heteroatoms. The van der Waals surface area contributed by atoms with Crippen molar-refractivity contribution in [1.82, 2.24) is 0 Å². The number of hydrogen-bond acceptors (Lipinski definition) is 12. The van der Waals surface area contributed by atoms with Gasteiger partial charge >= 0.3 is 5.97 Å². The number of aliphatic hydroxyl groups excluding tert-OH is 1. The number of rotatable bonds is 4. The molecule has 0 aromatic carbocycles. The number of esters is 1. The number of carbonyl (C=O) groups excluding carboxylic acids is 1. The monoisotopic (exact) mass is 769 g/mol. The number of ether oxygens (including phenoxy) is 7. The molecule has 7 rings (SSSR count). The first-order valence-electron chi connectivity index (χ1n) is 20.7. The number of oxime groups is 1. The molecule has 0 aromatic heterocycles. The highest BCUT2D eigenvalue weighted by atomic mass is 16.7. The second-order valence-electron chi connectivity index (χ2n) is 17.4. The van der Waals surface area contributed by atoms with Gasteiger partial charge in [0.25, 0.3) is 0 Å². The van der Waals surface area contributed by atoms with Crippen molar-refractivity contribution in [3.8, 4) is 0 Å². The predicted octanol–water partition coefficient (Wildman–Crippen LogP) is 6.07. The molecule has 1 saturated carbocycles. The van der Waals surface area contributed by atoms with Crippen molar-refractivity contribution < 1.29 is 53.4 Å². The van der Waals surface area contributed by atoms with Crippen LogP contribution < -0.4 is 0 Å². The highest BCUT2D eigenvalue weighted by Gasteiger charge is 2.60. The minimum Gasteiger partial charge on any atom is -0.462 e. The van der Waals surface area contributed by atoms with Crippen LogP contribution in [0.1, 0.15) is 105 Å². The molecule has 0 radical (unpaired) electrons. The topological polar surface area (TPSA) is 155 Å². The third-order valence-electron chi connectivity index (χ3n) is 13.6. The van der Waals surface area contributed by atoms with E-state index in [1.165, 1.54) is 19.3 Å². The van der Waals surface area contributed by atoms with Crippen LogP contribution >= 0.6 is 0 Å². The summed E-state index contributed by atoms with van der Waals surface area (Å²) in [5.74, 6) is -1.83. The van der Waals surface area contributed by atoms with Gasteiger partial charge in [-0.15, -0.1) is 0 Å². The Balaban J connectivity index is 1.25. The van der Waals surface area contributed by atoms with Crippen LogP contribution in [0.25, 0.3) is 0 Å². The summed E-state index contributed by atoms with van der Waals surface area (Å²) in [6.07, 6.45) is 14.4. The molecule has 2 aliphatic carbocycles. The van der Waals surface area contributed by atoms with E-state index in [2.05, 4.69) is 32.0 Å². The maximum atomic E-state index is 14.4. The highest BCUT2D eigenvalue weighted by molar-refractivity contribution is 6.06. The van der Waals surface area contributed by atoms with Crippen LogP contribution in [-0.2, 0) is 38.0 Å². The van der Waals surface area contributed by atoms with E-state index in [-0.39, 0.29) is 30.4 Å². The molecule has 4 saturated heterocycles. The summed E-state index contributed by atoms with van der Waals surface area (Å²) in [6, 6.07) is 0. The molecular weight excluding hydrogens is 706 g/mol. The molecule has 14 atom stereocenters. The van der Waals surface area contributed by atoms with Crippen molar-refractivity contribution in [3.05, 3.63) is 47.1 Å². The Bertz CT molecular complexity index is 1550. The standard InChI is InChI=1S/C43H63NO11/c1-24-11-10-14-30-23-50-40-36(44-48)27(4)19-33(43(30,40)47)41(46)52-32-20-31(16-15-25(2)38(24)53-35-21-34(49-6)37(45)28(5)51-35)54-42(22-32)18-17-26(3)39(55-42)29-12-8-7-9-13-29/h10-11,14-15,19,24,26,28-29,31-35,37-40,45,47-48H,7-9,12-13,16-18,20-23H2,1-6H3/b11-10?,25-15+,30-14?,44-36?/t24-,26-,28-,31+,32-,33-,34-,35-,37-,38-,39-,40+,42+,43+/m0/s1. The average molecular weight is 770 g/mol. The van der Waals surface area contributed by atoms with Crippen LogP contribution in [0, 0.1) is 23.7 Å². The first-order valence-corrected chi connectivity index (χ1v) is 20.7. The number of nitrogens with zero attached hydrogens (tertiary/aromatic N) is 1. The quantitative estimate of drug-likeness (QED) is 0.132. The molecule has 0 aromatic rings. The first-order chi connectivity index (χ1) is 26.4. The largest absolute Gasteiger partial charge is 0.462 e. The fourth-order valence-corrected chi connectivity index (χ4v) is 10.4. The molecule has 55 heavy (non-hydrogen) atoms. The van der Waals surface area contributed by atoms with E-state index in [0.29, 0.717) is 55.1 Å². The highest BCUT2D eigenvalue weighted by Crippen LogP contribution is 2.48. The van der Waals surface area contributed by atoms with E-state index in [0.717, 1.165) is 24.8 Å². The first kappa shape index (κ1) is 40.8. The second-order valence-corrected chi connectivity index (χ2v) is 17.4. The van der Waals surface area contributed by atoms with Gasteiger partial charge in [0, 0.05) is 38.7 Å². The Labute approximate surface area is 325 Å². The number of allylic oxidation sites excluding steroid dienone is 2. The smallest absolute Gasteiger partial charge is 0.316 e. The SMILES string of the molecule is CO[C@H]1C[C@H](O[C@@H]2/C(C)=C/C[C@@H]3C[C@@H](C[C@]4(CC[C@H](C)[C@@H](C5CCCCC5)O4)O3)OC(=O)[C@@H]3C=C(C)C(=NO)[C@H]4OCC(=CC=C[C@@H]2C)[C@]43O)O[C@@H](C)[C@@H]1O. The average Bonchev–Trinajstić information content (AvgIpc) is 3.50. The van der Waals surface area contributed by atoms with Crippen LogP contribution in [-0.4, -0.2) is 107 Å². The van der Waals surface area contributed by atoms with E-state index < -0.39 is 66.2 Å². The summed E-state index contributed by atoms with van der Waals surface area (Å²) < 4.78 is 45.1. The zero-order valence-corrected chi connectivity index (χ0v) is 33.4. The molecule has 7 aliphatic rings. The maximum absolute atomic E-state index is 14.4. The van der Waals surface area contributed by atoms with E-state index in [4.69, 9.17) is 33.2 Å². The number of hydrogen-bond donors (Lipinski definition) is 3. The van der Waals surface area contributed by atoms with Gasteiger partial charge in [-0.25, -0.2) is 0 Å². The maximum Gasteiger partial charge on any atom is 0.316 e. The normalized spacial score (nSPS) is 46.4. The molecule has 5 heterocycles. The lowest BCUT2D eigenvalue weighted by atomic mass is 9.71. The van der Waals surface area contributed by atoms with Gasteiger partial charge in [-0.05, 0) is 75.0 Å². The van der Waals surface area contributed by atoms with Crippen molar-refractivity contribution >= 4 is 11.7 Å². The van der Waals surface area contributed by atoms with Crippen molar-refractivity contribution in [3.63, 3.8) is 0 Å². The summed E-state index contributed by atoms with van der Waals surface area (Å²) in [5, 5.41) is 36.7. The van der Waals surface area contributed by atoms with E-state index in [9.17, 15) is 20.2 Å². The Morgan fingerprint density at radius 2 is 1.80 bits per heavy atom. The van der Waals surface area contributed by atoms with Gasteiger partial charge in [0.05, 0.1) is 37.1 Å². The number of fused-ring (bicyclic) bond motifs is 2. The molecule has 1 spiro atoms. The van der Waals surface area contributed by atoms with Crippen LogP contribution in [0.3, 0.4) is 0 Å². The van der Waals surface area contributed by atoms with E-state index >= 15 is 0 Å². The fraction of sp³-hybridized carbons (Fsp3) is 0.767. The third-order valence-corrected chi connectivity index (χ3v) is 13.6. The van der Waals surface area contributed by atoms with Crippen LogP contribution in [0.5, 0.6) is 0 Å². The number of aliphatic hydroxyl groups is 2. The van der Waals surface area contributed by atoms with Gasteiger partial charge < -0.3 is 48.6 Å².